The van der Waals surface area contributed by atoms with E-state index in [4.69, 9.17) is 10.8 Å². The third kappa shape index (κ3) is 3.14. The van der Waals surface area contributed by atoms with Gasteiger partial charge >= 0.3 is 0 Å². The highest BCUT2D eigenvalue weighted by molar-refractivity contribution is 5.30. The third-order valence-electron chi connectivity index (χ3n) is 3.27. The van der Waals surface area contributed by atoms with Crippen LogP contribution in [-0.4, -0.2) is 34.8 Å². The second kappa shape index (κ2) is 5.93. The topological polar surface area (TPSA) is 75.3 Å². The zero-order valence-corrected chi connectivity index (χ0v) is 10.0. The molecule has 17 heavy (non-hydrogen) atoms. The highest BCUT2D eigenvalue weighted by atomic mass is 16.3. The van der Waals surface area contributed by atoms with E-state index in [9.17, 15) is 0 Å². The van der Waals surface area contributed by atoms with Crippen molar-refractivity contribution in [1.29, 1.82) is 0 Å². The van der Waals surface area contributed by atoms with Crippen LogP contribution in [0, 0.1) is 5.92 Å². The fraction of sp³-hybridized carbons (Fsp3) is 0.667. The molecule has 1 aliphatic rings. The molecule has 0 aliphatic carbocycles. The minimum Gasteiger partial charge on any atom is -0.396 e. The molecule has 0 bridgehead atoms. The SMILES string of the molecule is NCc1cnc(N2CCCC(CCO)C2)nc1. The van der Waals surface area contributed by atoms with Crippen molar-refractivity contribution in [1.82, 2.24) is 9.97 Å². The molecule has 5 heteroatoms. The molecule has 0 spiro atoms. The fourth-order valence-electron chi connectivity index (χ4n) is 2.28. The molecule has 1 atom stereocenters. The number of rotatable bonds is 4. The number of aromatic nitrogens is 2. The number of hydrogen-bond acceptors (Lipinski definition) is 5. The lowest BCUT2D eigenvalue weighted by atomic mass is 9.95. The number of nitrogens with zero attached hydrogens (tertiary/aromatic N) is 3. The number of nitrogens with two attached hydrogens (primary N) is 1. The van der Waals surface area contributed by atoms with E-state index in [1.807, 2.05) is 0 Å². The Labute approximate surface area is 102 Å². The molecule has 94 valence electrons. The summed E-state index contributed by atoms with van der Waals surface area (Å²) in [6.07, 6.45) is 6.79. The van der Waals surface area contributed by atoms with Crippen molar-refractivity contribution >= 4 is 5.95 Å². The number of anilines is 1. The van der Waals surface area contributed by atoms with Crippen molar-refractivity contribution in [2.45, 2.75) is 25.8 Å². The van der Waals surface area contributed by atoms with Crippen molar-refractivity contribution in [3.8, 4) is 0 Å². The highest BCUT2D eigenvalue weighted by Gasteiger charge is 2.21. The molecule has 0 amide bonds. The van der Waals surface area contributed by atoms with Gasteiger partial charge in [0.25, 0.3) is 0 Å². The van der Waals surface area contributed by atoms with Crippen LogP contribution in [0.4, 0.5) is 5.95 Å². The number of piperidine rings is 1. The maximum atomic E-state index is 8.98. The number of aliphatic hydroxyl groups excluding tert-OH is 1. The lowest BCUT2D eigenvalue weighted by Gasteiger charge is -2.32. The maximum Gasteiger partial charge on any atom is 0.225 e. The van der Waals surface area contributed by atoms with E-state index in [1.165, 1.54) is 6.42 Å². The van der Waals surface area contributed by atoms with Gasteiger partial charge in [0.2, 0.25) is 5.95 Å². The Morgan fingerprint density at radius 1 is 1.41 bits per heavy atom. The molecular weight excluding hydrogens is 216 g/mol. The summed E-state index contributed by atoms with van der Waals surface area (Å²) >= 11 is 0. The maximum absolute atomic E-state index is 8.98. The average Bonchev–Trinajstić information content (AvgIpc) is 2.40. The molecule has 5 nitrogen and oxygen atoms in total. The van der Waals surface area contributed by atoms with Crippen molar-refractivity contribution in [2.24, 2.45) is 11.7 Å². The zero-order valence-electron chi connectivity index (χ0n) is 10.0. The zero-order chi connectivity index (χ0) is 12.1. The first-order valence-electron chi connectivity index (χ1n) is 6.20. The quantitative estimate of drug-likeness (QED) is 0.797. The van der Waals surface area contributed by atoms with E-state index >= 15 is 0 Å². The van der Waals surface area contributed by atoms with E-state index in [2.05, 4.69) is 14.9 Å². The smallest absolute Gasteiger partial charge is 0.225 e. The van der Waals surface area contributed by atoms with Crippen molar-refractivity contribution in [3.63, 3.8) is 0 Å². The Hall–Kier alpha value is -1.20. The van der Waals surface area contributed by atoms with Crippen LogP contribution in [0.3, 0.4) is 0 Å². The molecule has 1 aliphatic heterocycles. The molecule has 1 aromatic heterocycles. The van der Waals surface area contributed by atoms with Gasteiger partial charge in [-0.2, -0.15) is 0 Å². The largest absolute Gasteiger partial charge is 0.396 e. The van der Waals surface area contributed by atoms with Crippen LogP contribution in [0.2, 0.25) is 0 Å². The van der Waals surface area contributed by atoms with Crippen molar-refractivity contribution in [2.75, 3.05) is 24.6 Å². The second-order valence-corrected chi connectivity index (χ2v) is 4.56. The predicted octanol–water partition coefficient (Wildman–Crippen LogP) is 0.534. The Morgan fingerprint density at radius 2 is 2.18 bits per heavy atom. The molecule has 0 aromatic carbocycles. The van der Waals surface area contributed by atoms with Crippen LogP contribution in [-0.2, 0) is 6.54 Å². The van der Waals surface area contributed by atoms with Gasteiger partial charge in [-0.3, -0.25) is 0 Å². The molecule has 1 aromatic rings. The van der Waals surface area contributed by atoms with Gasteiger partial charge in [0, 0.05) is 44.2 Å². The van der Waals surface area contributed by atoms with Gasteiger partial charge in [0.05, 0.1) is 0 Å². The van der Waals surface area contributed by atoms with Crippen LogP contribution < -0.4 is 10.6 Å². The van der Waals surface area contributed by atoms with Gasteiger partial charge in [-0.05, 0) is 25.2 Å². The number of hydrogen-bond donors (Lipinski definition) is 2. The molecule has 1 fully saturated rings. The Kier molecular flexibility index (Phi) is 4.28. The minimum absolute atomic E-state index is 0.269. The lowest BCUT2D eigenvalue weighted by Crippen LogP contribution is -2.36. The highest BCUT2D eigenvalue weighted by Crippen LogP contribution is 2.22. The van der Waals surface area contributed by atoms with E-state index in [1.54, 1.807) is 12.4 Å². The third-order valence-corrected chi connectivity index (χ3v) is 3.27. The van der Waals surface area contributed by atoms with Gasteiger partial charge < -0.3 is 15.7 Å². The summed E-state index contributed by atoms with van der Waals surface area (Å²) in [6, 6.07) is 0. The van der Waals surface area contributed by atoms with Crippen LogP contribution in [0.25, 0.3) is 0 Å². The van der Waals surface area contributed by atoms with Gasteiger partial charge in [0.15, 0.2) is 0 Å². The van der Waals surface area contributed by atoms with Gasteiger partial charge in [-0.1, -0.05) is 0 Å². The lowest BCUT2D eigenvalue weighted by molar-refractivity contribution is 0.244. The Balaban J connectivity index is 2.00. The monoisotopic (exact) mass is 236 g/mol. The summed E-state index contributed by atoms with van der Waals surface area (Å²) in [7, 11) is 0. The number of aliphatic hydroxyl groups is 1. The fourth-order valence-corrected chi connectivity index (χ4v) is 2.28. The summed E-state index contributed by atoms with van der Waals surface area (Å²) in [4.78, 5) is 10.9. The van der Waals surface area contributed by atoms with Gasteiger partial charge in [-0.25, -0.2) is 9.97 Å². The molecule has 1 saturated heterocycles. The summed E-state index contributed by atoms with van der Waals surface area (Å²) in [5.41, 5.74) is 6.47. The molecule has 3 N–H and O–H groups in total. The molecule has 0 saturated carbocycles. The summed E-state index contributed by atoms with van der Waals surface area (Å²) in [6.45, 7) is 2.70. The van der Waals surface area contributed by atoms with E-state index in [0.717, 1.165) is 37.4 Å². The standard InChI is InChI=1S/C12H20N4O/c13-6-11-7-14-12(15-8-11)16-4-1-2-10(9-16)3-5-17/h7-8,10,17H,1-6,9,13H2. The molecule has 2 heterocycles. The first-order valence-corrected chi connectivity index (χ1v) is 6.20. The van der Waals surface area contributed by atoms with Crippen LogP contribution in [0.5, 0.6) is 0 Å². The molecule has 1 unspecified atom stereocenters. The van der Waals surface area contributed by atoms with Crippen molar-refractivity contribution < 1.29 is 5.11 Å². The van der Waals surface area contributed by atoms with E-state index in [0.29, 0.717) is 12.5 Å². The van der Waals surface area contributed by atoms with E-state index in [-0.39, 0.29) is 6.61 Å². The second-order valence-electron chi connectivity index (χ2n) is 4.56. The van der Waals surface area contributed by atoms with E-state index < -0.39 is 0 Å². The summed E-state index contributed by atoms with van der Waals surface area (Å²) in [5.74, 6) is 1.34. The predicted molar refractivity (Wildman–Crippen MR) is 66.6 cm³/mol. The Bertz CT molecular complexity index is 339. The van der Waals surface area contributed by atoms with Gasteiger partial charge in [-0.15, -0.1) is 0 Å². The summed E-state index contributed by atoms with van der Waals surface area (Å²) < 4.78 is 0. The molecule has 0 radical (unpaired) electrons. The van der Waals surface area contributed by atoms with Crippen molar-refractivity contribution in [3.05, 3.63) is 18.0 Å². The molecular formula is C12H20N4O. The van der Waals surface area contributed by atoms with Crippen LogP contribution in [0.15, 0.2) is 12.4 Å². The van der Waals surface area contributed by atoms with Crippen LogP contribution >= 0.6 is 0 Å². The Morgan fingerprint density at radius 3 is 2.82 bits per heavy atom. The minimum atomic E-state index is 0.269. The van der Waals surface area contributed by atoms with Gasteiger partial charge in [0.1, 0.15) is 0 Å². The first-order chi connectivity index (χ1) is 8.33. The van der Waals surface area contributed by atoms with Crippen LogP contribution in [0.1, 0.15) is 24.8 Å². The normalized spacial score (nSPS) is 20.6. The molecule has 2 rings (SSSR count). The first kappa shape index (κ1) is 12.3. The summed E-state index contributed by atoms with van der Waals surface area (Å²) in [5, 5.41) is 8.98. The average molecular weight is 236 g/mol.